The Morgan fingerprint density at radius 2 is 1.88 bits per heavy atom. The van der Waals surface area contributed by atoms with E-state index in [2.05, 4.69) is 5.32 Å². The predicted molar refractivity (Wildman–Crippen MR) is 89.5 cm³/mol. The van der Waals surface area contributed by atoms with Gasteiger partial charge < -0.3 is 32.9 Å². The number of benzene rings is 2. The second-order valence-electron chi connectivity index (χ2n) is 5.22. The summed E-state index contributed by atoms with van der Waals surface area (Å²) in [6.45, 7) is 0.885. The van der Waals surface area contributed by atoms with Gasteiger partial charge in [-0.1, -0.05) is 30.3 Å². The van der Waals surface area contributed by atoms with E-state index in [-0.39, 0.29) is 24.8 Å². The van der Waals surface area contributed by atoms with Crippen molar-refractivity contribution in [2.24, 2.45) is 5.73 Å². The summed E-state index contributed by atoms with van der Waals surface area (Å²) in [7, 11) is 1.53. The SMILES string of the molecule is COc1cccc(CNCCc2ccccc2F)c1OCC(N)=O.[Cl-]. The maximum absolute atomic E-state index is 13.6. The summed E-state index contributed by atoms with van der Waals surface area (Å²) in [6, 6.07) is 12.2. The third-order valence-corrected chi connectivity index (χ3v) is 3.48. The molecule has 0 aliphatic heterocycles. The minimum atomic E-state index is -0.556. The van der Waals surface area contributed by atoms with Gasteiger partial charge in [0, 0.05) is 12.1 Å². The monoisotopic (exact) mass is 367 g/mol. The summed E-state index contributed by atoms with van der Waals surface area (Å²) in [5, 5.41) is 3.24. The summed E-state index contributed by atoms with van der Waals surface area (Å²) in [4.78, 5) is 10.9. The number of amides is 1. The molecule has 3 N–H and O–H groups in total. The topological polar surface area (TPSA) is 73.6 Å². The number of ether oxygens (including phenoxy) is 2. The summed E-state index contributed by atoms with van der Waals surface area (Å²) >= 11 is 0. The van der Waals surface area contributed by atoms with Crippen molar-refractivity contribution in [3.63, 3.8) is 0 Å². The van der Waals surface area contributed by atoms with Gasteiger partial charge in [-0.05, 0) is 30.7 Å². The molecule has 2 aromatic rings. The molecule has 25 heavy (non-hydrogen) atoms. The zero-order chi connectivity index (χ0) is 17.4. The zero-order valence-corrected chi connectivity index (χ0v) is 14.7. The van der Waals surface area contributed by atoms with Crippen LogP contribution in [0.15, 0.2) is 42.5 Å². The molecule has 0 radical (unpaired) electrons. The molecule has 0 saturated carbocycles. The Kier molecular flexibility index (Phi) is 8.74. The Morgan fingerprint density at radius 3 is 2.56 bits per heavy atom. The van der Waals surface area contributed by atoms with Crippen LogP contribution in [0.25, 0.3) is 0 Å². The summed E-state index contributed by atoms with van der Waals surface area (Å²) in [5.74, 6) is 0.257. The highest BCUT2D eigenvalue weighted by molar-refractivity contribution is 5.75. The molecule has 2 aromatic carbocycles. The van der Waals surface area contributed by atoms with Crippen molar-refractivity contribution in [2.45, 2.75) is 13.0 Å². The number of para-hydroxylation sites is 1. The highest BCUT2D eigenvalue weighted by Crippen LogP contribution is 2.31. The number of carbonyl (C=O) groups excluding carboxylic acids is 1. The number of primary amides is 1. The lowest BCUT2D eigenvalue weighted by Gasteiger charge is -2.14. The van der Waals surface area contributed by atoms with Gasteiger partial charge >= 0.3 is 0 Å². The van der Waals surface area contributed by atoms with Crippen LogP contribution >= 0.6 is 0 Å². The van der Waals surface area contributed by atoms with Crippen LogP contribution in [-0.2, 0) is 17.8 Å². The lowest BCUT2D eigenvalue weighted by atomic mass is 10.1. The number of halogens is 2. The molecule has 2 rings (SSSR count). The average Bonchev–Trinajstić information content (AvgIpc) is 2.58. The van der Waals surface area contributed by atoms with Crippen LogP contribution in [0.4, 0.5) is 4.39 Å². The fraction of sp³-hybridized carbons (Fsp3) is 0.278. The van der Waals surface area contributed by atoms with Crippen molar-refractivity contribution in [3.8, 4) is 11.5 Å². The number of rotatable bonds is 9. The maximum Gasteiger partial charge on any atom is 0.255 e. The highest BCUT2D eigenvalue weighted by Gasteiger charge is 2.11. The molecule has 0 saturated heterocycles. The number of nitrogens with one attached hydrogen (secondary N) is 1. The van der Waals surface area contributed by atoms with Gasteiger partial charge in [-0.15, -0.1) is 0 Å². The average molecular weight is 368 g/mol. The Hall–Kier alpha value is -2.31. The van der Waals surface area contributed by atoms with E-state index < -0.39 is 5.91 Å². The molecule has 0 fully saturated rings. The molecular formula is C18H21ClFN2O3-. The van der Waals surface area contributed by atoms with Crippen molar-refractivity contribution in [3.05, 3.63) is 59.4 Å². The van der Waals surface area contributed by atoms with Gasteiger partial charge in [-0.25, -0.2) is 4.39 Å². The molecular weight excluding hydrogens is 347 g/mol. The van der Waals surface area contributed by atoms with Crippen LogP contribution in [0.3, 0.4) is 0 Å². The van der Waals surface area contributed by atoms with E-state index in [0.717, 1.165) is 5.56 Å². The molecule has 0 bridgehead atoms. The van der Waals surface area contributed by atoms with E-state index in [9.17, 15) is 9.18 Å². The third-order valence-electron chi connectivity index (χ3n) is 3.48. The molecule has 0 aliphatic rings. The van der Waals surface area contributed by atoms with Crippen molar-refractivity contribution >= 4 is 5.91 Å². The Morgan fingerprint density at radius 1 is 1.16 bits per heavy atom. The zero-order valence-electron chi connectivity index (χ0n) is 13.9. The lowest BCUT2D eigenvalue weighted by molar-refractivity contribution is -0.119. The molecule has 1 amide bonds. The first-order valence-corrected chi connectivity index (χ1v) is 7.63. The first-order chi connectivity index (χ1) is 11.6. The van der Waals surface area contributed by atoms with Gasteiger partial charge in [0.25, 0.3) is 5.91 Å². The van der Waals surface area contributed by atoms with E-state index in [1.165, 1.54) is 13.2 Å². The largest absolute Gasteiger partial charge is 1.00 e. The fourth-order valence-corrected chi connectivity index (χ4v) is 2.32. The number of hydrogen-bond acceptors (Lipinski definition) is 4. The molecule has 7 heteroatoms. The molecule has 5 nitrogen and oxygen atoms in total. The second-order valence-corrected chi connectivity index (χ2v) is 5.22. The van der Waals surface area contributed by atoms with Gasteiger partial charge in [0.2, 0.25) is 0 Å². The third kappa shape index (κ3) is 6.25. The second kappa shape index (κ2) is 10.5. The highest BCUT2D eigenvalue weighted by atomic mass is 35.5. The van der Waals surface area contributed by atoms with Gasteiger partial charge in [0.15, 0.2) is 18.1 Å². The van der Waals surface area contributed by atoms with E-state index in [4.69, 9.17) is 15.2 Å². The molecule has 136 valence electrons. The number of carbonyl (C=O) groups is 1. The summed E-state index contributed by atoms with van der Waals surface area (Å²) < 4.78 is 24.3. The Labute approximate surface area is 152 Å². The smallest absolute Gasteiger partial charge is 0.255 e. The standard InChI is InChI=1S/C18H21FN2O3.ClH/c1-23-16-8-4-6-14(18(16)24-12-17(20)22)11-21-10-9-13-5-2-3-7-15(13)19;/h2-8,21H,9-12H2,1H3,(H2,20,22);1H/p-1. The van der Waals surface area contributed by atoms with Gasteiger partial charge in [0.1, 0.15) is 5.82 Å². The molecule has 0 aliphatic carbocycles. The van der Waals surface area contributed by atoms with Crippen LogP contribution in [0.5, 0.6) is 11.5 Å². The van der Waals surface area contributed by atoms with Crippen LogP contribution < -0.4 is 32.9 Å². The number of nitrogens with two attached hydrogens (primary N) is 1. The van der Waals surface area contributed by atoms with E-state index in [0.29, 0.717) is 36.6 Å². The van der Waals surface area contributed by atoms with Crippen molar-refractivity contribution < 1.29 is 31.1 Å². The Balaban J connectivity index is 0.00000312. The molecule has 0 atom stereocenters. The van der Waals surface area contributed by atoms with E-state index in [1.807, 2.05) is 18.2 Å². The van der Waals surface area contributed by atoms with Gasteiger partial charge in [0.05, 0.1) is 7.11 Å². The van der Waals surface area contributed by atoms with Crippen LogP contribution in [0.2, 0.25) is 0 Å². The summed E-state index contributed by atoms with van der Waals surface area (Å²) in [6.07, 6.45) is 0.577. The van der Waals surface area contributed by atoms with Crippen LogP contribution in [0, 0.1) is 5.82 Å². The minimum Gasteiger partial charge on any atom is -1.00 e. The maximum atomic E-state index is 13.6. The quantitative estimate of drug-likeness (QED) is 0.560. The van der Waals surface area contributed by atoms with Crippen molar-refractivity contribution in [2.75, 3.05) is 20.3 Å². The normalized spacial score (nSPS) is 10.0. The number of hydrogen-bond donors (Lipinski definition) is 2. The first kappa shape index (κ1) is 20.7. The Bertz CT molecular complexity index is 698. The first-order valence-electron chi connectivity index (χ1n) is 7.63. The van der Waals surface area contributed by atoms with Crippen LogP contribution in [0.1, 0.15) is 11.1 Å². The van der Waals surface area contributed by atoms with E-state index >= 15 is 0 Å². The molecule has 0 spiro atoms. The minimum absolute atomic E-state index is 0. The van der Waals surface area contributed by atoms with Crippen molar-refractivity contribution in [1.29, 1.82) is 0 Å². The van der Waals surface area contributed by atoms with Gasteiger partial charge in [-0.2, -0.15) is 0 Å². The molecule has 0 heterocycles. The fourth-order valence-electron chi connectivity index (χ4n) is 2.32. The van der Waals surface area contributed by atoms with Crippen molar-refractivity contribution in [1.82, 2.24) is 5.32 Å². The predicted octanol–water partition coefficient (Wildman–Crippen LogP) is -0.965. The van der Waals surface area contributed by atoms with Crippen LogP contribution in [-0.4, -0.2) is 26.2 Å². The number of methoxy groups -OCH3 is 1. The molecule has 0 unspecified atom stereocenters. The lowest BCUT2D eigenvalue weighted by Crippen LogP contribution is -3.00. The molecule has 0 aromatic heterocycles. The van der Waals surface area contributed by atoms with E-state index in [1.54, 1.807) is 18.2 Å². The summed E-state index contributed by atoms with van der Waals surface area (Å²) in [5.41, 5.74) is 6.63. The van der Waals surface area contributed by atoms with Gasteiger partial charge in [-0.3, -0.25) is 4.79 Å².